The van der Waals surface area contributed by atoms with Crippen molar-refractivity contribution in [1.29, 1.82) is 0 Å². The molecule has 1 aliphatic rings. The van der Waals surface area contributed by atoms with Crippen molar-refractivity contribution in [3.05, 3.63) is 0 Å². The Labute approximate surface area is 51.5 Å². The Bertz CT molecular complexity index is 98.0. The second kappa shape index (κ2) is 2.03. The SMILES string of the molecule is CSP1(=S)OCO1. The van der Waals surface area contributed by atoms with Crippen LogP contribution in [0.4, 0.5) is 0 Å². The second-order valence-electron chi connectivity index (χ2n) is 1.01. The normalized spacial score (nSPS) is 26.4. The smallest absolute Gasteiger partial charge is 0.251 e. The van der Waals surface area contributed by atoms with Crippen LogP contribution < -0.4 is 0 Å². The predicted octanol–water partition coefficient (Wildman–Crippen LogP) is 1.58. The monoisotopic (exact) mass is 156 g/mol. The average molecular weight is 156 g/mol. The van der Waals surface area contributed by atoms with Gasteiger partial charge in [0.2, 0.25) is 0 Å². The van der Waals surface area contributed by atoms with Gasteiger partial charge in [0.25, 0.3) is 5.69 Å². The Balaban J connectivity index is 2.45. The Morgan fingerprint density at radius 3 is 2.29 bits per heavy atom. The van der Waals surface area contributed by atoms with E-state index >= 15 is 0 Å². The highest BCUT2D eigenvalue weighted by Crippen LogP contribution is 2.65. The molecule has 0 saturated carbocycles. The maximum absolute atomic E-state index is 4.93. The molecule has 1 aliphatic heterocycles. The molecule has 0 atom stereocenters. The van der Waals surface area contributed by atoms with E-state index in [-0.39, 0.29) is 0 Å². The van der Waals surface area contributed by atoms with Crippen LogP contribution in [0.15, 0.2) is 0 Å². The van der Waals surface area contributed by atoms with Crippen molar-refractivity contribution < 1.29 is 9.05 Å². The van der Waals surface area contributed by atoms with E-state index in [2.05, 4.69) is 0 Å². The second-order valence-corrected chi connectivity index (χ2v) is 7.45. The van der Waals surface area contributed by atoms with Gasteiger partial charge >= 0.3 is 0 Å². The third-order valence-corrected chi connectivity index (χ3v) is 5.88. The van der Waals surface area contributed by atoms with Crippen LogP contribution in [0.5, 0.6) is 0 Å². The summed E-state index contributed by atoms with van der Waals surface area (Å²) < 4.78 is 9.87. The number of hydrogen-bond donors (Lipinski definition) is 0. The first kappa shape index (κ1) is 6.05. The minimum absolute atomic E-state index is 0.401. The van der Waals surface area contributed by atoms with Crippen molar-refractivity contribution in [3.63, 3.8) is 0 Å². The summed E-state index contributed by atoms with van der Waals surface area (Å²) in [6.45, 7) is 0.401. The summed E-state index contributed by atoms with van der Waals surface area (Å²) in [5.74, 6) is 0. The van der Waals surface area contributed by atoms with Gasteiger partial charge in [0.05, 0.1) is 0 Å². The third-order valence-electron chi connectivity index (χ3n) is 0.645. The zero-order valence-corrected chi connectivity index (χ0v) is 6.31. The van der Waals surface area contributed by atoms with Gasteiger partial charge in [-0.1, -0.05) is 11.4 Å². The fraction of sp³-hybridized carbons (Fsp3) is 1.00. The van der Waals surface area contributed by atoms with Crippen LogP contribution >= 0.6 is 17.1 Å². The molecule has 0 aromatic rings. The Morgan fingerprint density at radius 1 is 1.71 bits per heavy atom. The van der Waals surface area contributed by atoms with Gasteiger partial charge < -0.3 is 0 Å². The molecule has 0 spiro atoms. The summed E-state index contributed by atoms with van der Waals surface area (Å²) in [5, 5.41) is 0. The molecule has 2 nitrogen and oxygen atoms in total. The van der Waals surface area contributed by atoms with Gasteiger partial charge in [-0.2, -0.15) is 0 Å². The third kappa shape index (κ3) is 1.18. The minimum Gasteiger partial charge on any atom is -0.294 e. The van der Waals surface area contributed by atoms with Crippen molar-refractivity contribution in [2.24, 2.45) is 0 Å². The van der Waals surface area contributed by atoms with Gasteiger partial charge in [-0.15, -0.1) is 0 Å². The number of hydrogen-bond acceptors (Lipinski definition) is 4. The van der Waals surface area contributed by atoms with E-state index in [0.717, 1.165) is 0 Å². The molecule has 0 amide bonds. The molecule has 1 fully saturated rings. The van der Waals surface area contributed by atoms with E-state index in [9.17, 15) is 0 Å². The van der Waals surface area contributed by atoms with Crippen molar-refractivity contribution in [2.45, 2.75) is 0 Å². The highest BCUT2D eigenvalue weighted by molar-refractivity contribution is 8.67. The summed E-state index contributed by atoms with van der Waals surface area (Å²) in [7, 11) is 0. The van der Waals surface area contributed by atoms with E-state index in [1.165, 1.54) is 11.4 Å². The van der Waals surface area contributed by atoms with Gasteiger partial charge in [0.15, 0.2) is 6.79 Å². The summed E-state index contributed by atoms with van der Waals surface area (Å²) in [6, 6.07) is 0. The molecule has 1 rings (SSSR count). The van der Waals surface area contributed by atoms with E-state index in [4.69, 9.17) is 20.9 Å². The van der Waals surface area contributed by atoms with Gasteiger partial charge in [-0.3, -0.25) is 9.05 Å². The lowest BCUT2D eigenvalue weighted by molar-refractivity contribution is 0.0471. The molecule has 1 saturated heterocycles. The van der Waals surface area contributed by atoms with E-state index in [0.29, 0.717) is 6.79 Å². The minimum atomic E-state index is -1.72. The Morgan fingerprint density at radius 2 is 2.29 bits per heavy atom. The predicted molar refractivity (Wildman–Crippen MR) is 34.8 cm³/mol. The van der Waals surface area contributed by atoms with Crippen molar-refractivity contribution in [1.82, 2.24) is 0 Å². The maximum Gasteiger partial charge on any atom is 0.251 e. The lowest BCUT2D eigenvalue weighted by atomic mass is 11.6. The van der Waals surface area contributed by atoms with Crippen LogP contribution in [-0.4, -0.2) is 13.0 Å². The molecule has 5 heteroatoms. The molecule has 0 aliphatic carbocycles. The Kier molecular flexibility index (Phi) is 1.76. The molecule has 7 heavy (non-hydrogen) atoms. The van der Waals surface area contributed by atoms with Gasteiger partial charge in [-0.05, 0) is 18.1 Å². The lowest BCUT2D eigenvalue weighted by Gasteiger charge is -2.27. The lowest BCUT2D eigenvalue weighted by Crippen LogP contribution is -2.05. The molecular weight excluding hydrogens is 151 g/mol. The molecule has 0 unspecified atom stereocenters. The molecule has 0 aromatic carbocycles. The van der Waals surface area contributed by atoms with Gasteiger partial charge in [0, 0.05) is 0 Å². The fourth-order valence-electron chi connectivity index (χ4n) is 0.244. The van der Waals surface area contributed by atoms with Crippen LogP contribution in [0.1, 0.15) is 0 Å². The summed E-state index contributed by atoms with van der Waals surface area (Å²) in [6.07, 6.45) is 1.90. The van der Waals surface area contributed by atoms with Crippen molar-refractivity contribution >= 4 is 28.9 Å². The van der Waals surface area contributed by atoms with Crippen LogP contribution in [0.2, 0.25) is 0 Å². The standard InChI is InChI=1S/C2H5O2PS2/c1-7-5(6)3-2-4-5/h2H2,1H3. The van der Waals surface area contributed by atoms with Crippen molar-refractivity contribution in [3.8, 4) is 0 Å². The van der Waals surface area contributed by atoms with Crippen LogP contribution in [-0.2, 0) is 20.9 Å². The quantitative estimate of drug-likeness (QED) is 0.536. The molecule has 1 heterocycles. The van der Waals surface area contributed by atoms with Gasteiger partial charge in [-0.25, -0.2) is 0 Å². The maximum atomic E-state index is 4.93. The summed E-state index contributed by atoms with van der Waals surface area (Å²) in [5.41, 5.74) is -1.72. The topological polar surface area (TPSA) is 18.5 Å². The fourth-order valence-corrected chi connectivity index (χ4v) is 1.88. The summed E-state index contributed by atoms with van der Waals surface area (Å²) in [4.78, 5) is 0. The Hall–Kier alpha value is 0.920. The zero-order valence-electron chi connectivity index (χ0n) is 3.79. The first-order valence-corrected chi connectivity index (χ1v) is 6.18. The molecule has 0 N–H and O–H groups in total. The zero-order chi connectivity index (χ0) is 5.33. The molecule has 0 bridgehead atoms. The van der Waals surface area contributed by atoms with Gasteiger partial charge in [0.1, 0.15) is 0 Å². The van der Waals surface area contributed by atoms with Crippen molar-refractivity contribution in [2.75, 3.05) is 13.0 Å². The van der Waals surface area contributed by atoms with Crippen LogP contribution in [0, 0.1) is 0 Å². The van der Waals surface area contributed by atoms with Crippen LogP contribution in [0.25, 0.3) is 0 Å². The largest absolute Gasteiger partial charge is 0.294 e. The molecule has 0 radical (unpaired) electrons. The van der Waals surface area contributed by atoms with E-state index in [1.807, 2.05) is 6.26 Å². The van der Waals surface area contributed by atoms with E-state index < -0.39 is 5.69 Å². The average Bonchev–Trinajstić information content (AvgIpc) is 1.61. The first-order chi connectivity index (χ1) is 3.27. The molecule has 0 aromatic heterocycles. The van der Waals surface area contributed by atoms with Crippen LogP contribution in [0.3, 0.4) is 0 Å². The highest BCUT2D eigenvalue weighted by Gasteiger charge is 2.26. The first-order valence-electron chi connectivity index (χ1n) is 1.72. The highest BCUT2D eigenvalue weighted by atomic mass is 32.9. The molecular formula is C2H5O2PS2. The summed E-state index contributed by atoms with van der Waals surface area (Å²) >= 11 is 6.36. The number of rotatable bonds is 1. The molecule has 42 valence electrons. The van der Waals surface area contributed by atoms with E-state index in [1.54, 1.807) is 0 Å².